The van der Waals surface area contributed by atoms with Gasteiger partial charge < -0.3 is 4.74 Å². The molecule has 0 spiro atoms. The molecule has 0 aliphatic rings. The Labute approximate surface area is 149 Å². The third-order valence-electron chi connectivity index (χ3n) is 4.54. The highest BCUT2D eigenvalue weighted by atomic mass is 16.5. The molecule has 0 aromatic heterocycles. The van der Waals surface area contributed by atoms with Crippen LogP contribution in [-0.2, 0) is 4.74 Å². The first-order chi connectivity index (χ1) is 11.7. The minimum Gasteiger partial charge on any atom is -0.459 e. The minimum absolute atomic E-state index is 0.0774. The van der Waals surface area contributed by atoms with E-state index in [9.17, 15) is 4.79 Å². The highest BCUT2D eigenvalue weighted by Gasteiger charge is 2.15. The van der Waals surface area contributed by atoms with E-state index in [0.29, 0.717) is 5.56 Å². The highest BCUT2D eigenvalue weighted by molar-refractivity contribution is 5.89. The molecule has 0 N–H and O–H groups in total. The Balaban J connectivity index is 2.37. The first-order valence-electron chi connectivity index (χ1n) is 9.95. The van der Waals surface area contributed by atoms with Crippen LogP contribution in [-0.4, -0.2) is 12.1 Å². The molecular formula is C22H36O2. The zero-order chi connectivity index (χ0) is 17.6. The van der Waals surface area contributed by atoms with Crippen LogP contribution in [0.25, 0.3) is 0 Å². The summed E-state index contributed by atoms with van der Waals surface area (Å²) < 4.78 is 5.80. The molecule has 1 rings (SSSR count). The van der Waals surface area contributed by atoms with E-state index >= 15 is 0 Å². The number of carbonyl (C=O) groups is 1. The normalized spacial score (nSPS) is 12.1. The molecule has 1 aromatic rings. The van der Waals surface area contributed by atoms with Crippen molar-refractivity contribution >= 4 is 5.97 Å². The van der Waals surface area contributed by atoms with Gasteiger partial charge in [-0.05, 0) is 38.3 Å². The van der Waals surface area contributed by atoms with Gasteiger partial charge in [-0.1, -0.05) is 82.9 Å². The molecule has 2 nitrogen and oxygen atoms in total. The monoisotopic (exact) mass is 332 g/mol. The lowest BCUT2D eigenvalue weighted by Crippen LogP contribution is -2.18. The number of hydrogen-bond acceptors (Lipinski definition) is 2. The molecule has 1 atom stereocenters. The topological polar surface area (TPSA) is 26.3 Å². The van der Waals surface area contributed by atoms with Crippen molar-refractivity contribution in [2.24, 2.45) is 0 Å². The zero-order valence-electron chi connectivity index (χ0n) is 16.0. The van der Waals surface area contributed by atoms with Gasteiger partial charge in [-0.2, -0.15) is 0 Å². The molecular weight excluding hydrogens is 296 g/mol. The number of unbranched alkanes of at least 4 members (excludes halogenated alkanes) is 7. The predicted octanol–water partition coefficient (Wildman–Crippen LogP) is 6.85. The van der Waals surface area contributed by atoms with Crippen molar-refractivity contribution in [3.8, 4) is 0 Å². The van der Waals surface area contributed by atoms with Crippen LogP contribution in [0, 0.1) is 6.92 Å². The lowest BCUT2D eigenvalue weighted by Gasteiger charge is -2.18. The molecule has 1 unspecified atom stereocenters. The van der Waals surface area contributed by atoms with E-state index in [-0.39, 0.29) is 12.1 Å². The molecule has 0 bridgehead atoms. The summed E-state index contributed by atoms with van der Waals surface area (Å²) in [6.07, 6.45) is 13.4. The summed E-state index contributed by atoms with van der Waals surface area (Å²) in [5.41, 5.74) is 1.78. The minimum atomic E-state index is -0.164. The number of rotatable bonds is 13. The molecule has 0 heterocycles. The van der Waals surface area contributed by atoms with Gasteiger partial charge >= 0.3 is 5.97 Å². The van der Waals surface area contributed by atoms with Gasteiger partial charge in [-0.25, -0.2) is 4.79 Å². The third-order valence-corrected chi connectivity index (χ3v) is 4.54. The Bertz CT molecular complexity index is 453. The zero-order valence-corrected chi connectivity index (χ0v) is 16.0. The van der Waals surface area contributed by atoms with Gasteiger partial charge in [0.05, 0.1) is 5.56 Å². The van der Waals surface area contributed by atoms with Crippen LogP contribution in [0.5, 0.6) is 0 Å². The number of esters is 1. The Hall–Kier alpha value is -1.31. The van der Waals surface area contributed by atoms with Crippen LogP contribution < -0.4 is 0 Å². The first-order valence-corrected chi connectivity index (χ1v) is 9.95. The standard InChI is InChI=1S/C22H36O2/c1-4-6-8-9-10-11-12-17-21(16-7-5-2)24-22(23)20-15-13-14-19(3)18-20/h13-15,18,21H,4-12,16-17H2,1-3H3. The van der Waals surface area contributed by atoms with Crippen molar-refractivity contribution in [1.82, 2.24) is 0 Å². The molecule has 0 amide bonds. The van der Waals surface area contributed by atoms with Crippen LogP contribution in [0.2, 0.25) is 0 Å². The van der Waals surface area contributed by atoms with Crippen molar-refractivity contribution in [3.63, 3.8) is 0 Å². The van der Waals surface area contributed by atoms with E-state index in [1.807, 2.05) is 31.2 Å². The molecule has 0 radical (unpaired) electrons. The summed E-state index contributed by atoms with van der Waals surface area (Å²) in [6.45, 7) is 6.44. The number of aryl methyl sites for hydroxylation is 1. The molecule has 0 saturated heterocycles. The fourth-order valence-electron chi connectivity index (χ4n) is 3.01. The van der Waals surface area contributed by atoms with Gasteiger partial charge in [0.15, 0.2) is 0 Å². The van der Waals surface area contributed by atoms with Crippen molar-refractivity contribution in [3.05, 3.63) is 35.4 Å². The maximum Gasteiger partial charge on any atom is 0.338 e. The van der Waals surface area contributed by atoms with Crippen LogP contribution in [0.4, 0.5) is 0 Å². The van der Waals surface area contributed by atoms with Gasteiger partial charge in [0.25, 0.3) is 0 Å². The molecule has 24 heavy (non-hydrogen) atoms. The maximum atomic E-state index is 12.4. The van der Waals surface area contributed by atoms with E-state index in [4.69, 9.17) is 4.74 Å². The Morgan fingerprint density at radius 2 is 1.54 bits per heavy atom. The van der Waals surface area contributed by atoms with Crippen LogP contribution in [0.1, 0.15) is 100 Å². The van der Waals surface area contributed by atoms with E-state index in [0.717, 1.165) is 31.2 Å². The number of hydrogen-bond donors (Lipinski definition) is 0. The third kappa shape index (κ3) is 9.10. The fourth-order valence-corrected chi connectivity index (χ4v) is 3.01. The molecule has 0 aliphatic carbocycles. The Morgan fingerprint density at radius 3 is 2.21 bits per heavy atom. The van der Waals surface area contributed by atoms with Crippen LogP contribution >= 0.6 is 0 Å². The van der Waals surface area contributed by atoms with Gasteiger partial charge in [-0.15, -0.1) is 0 Å². The quantitative estimate of drug-likeness (QED) is 0.291. The summed E-state index contributed by atoms with van der Waals surface area (Å²) in [6, 6.07) is 7.68. The largest absolute Gasteiger partial charge is 0.459 e. The maximum absolute atomic E-state index is 12.4. The van der Waals surface area contributed by atoms with Crippen LogP contribution in [0.3, 0.4) is 0 Å². The Morgan fingerprint density at radius 1 is 0.917 bits per heavy atom. The average Bonchev–Trinajstić information content (AvgIpc) is 2.58. The lowest BCUT2D eigenvalue weighted by molar-refractivity contribution is 0.0250. The summed E-state index contributed by atoms with van der Waals surface area (Å²) in [5, 5.41) is 0. The van der Waals surface area contributed by atoms with E-state index in [1.165, 1.54) is 44.9 Å². The van der Waals surface area contributed by atoms with Gasteiger partial charge in [0, 0.05) is 0 Å². The van der Waals surface area contributed by atoms with Crippen molar-refractivity contribution in [1.29, 1.82) is 0 Å². The second kappa shape index (κ2) is 13.0. The molecule has 0 aliphatic heterocycles. The summed E-state index contributed by atoms with van der Waals surface area (Å²) in [4.78, 5) is 12.4. The first kappa shape index (κ1) is 20.7. The smallest absolute Gasteiger partial charge is 0.338 e. The molecule has 1 aromatic carbocycles. The number of carbonyl (C=O) groups excluding carboxylic acids is 1. The van der Waals surface area contributed by atoms with Gasteiger partial charge in [0.1, 0.15) is 6.10 Å². The number of benzene rings is 1. The van der Waals surface area contributed by atoms with E-state index in [2.05, 4.69) is 13.8 Å². The Kier molecular flexibility index (Phi) is 11.3. The predicted molar refractivity (Wildman–Crippen MR) is 103 cm³/mol. The van der Waals surface area contributed by atoms with Crippen molar-refractivity contribution < 1.29 is 9.53 Å². The second-order valence-electron chi connectivity index (χ2n) is 6.95. The molecule has 0 saturated carbocycles. The molecule has 136 valence electrons. The van der Waals surface area contributed by atoms with Crippen molar-refractivity contribution in [2.75, 3.05) is 0 Å². The summed E-state index contributed by atoms with van der Waals surface area (Å²) in [5.74, 6) is -0.164. The second-order valence-corrected chi connectivity index (χ2v) is 6.95. The molecule has 0 fully saturated rings. The van der Waals surface area contributed by atoms with Gasteiger partial charge in [0.2, 0.25) is 0 Å². The molecule has 2 heteroatoms. The highest BCUT2D eigenvalue weighted by Crippen LogP contribution is 2.17. The van der Waals surface area contributed by atoms with E-state index in [1.54, 1.807) is 0 Å². The summed E-state index contributed by atoms with van der Waals surface area (Å²) in [7, 11) is 0. The SMILES string of the molecule is CCCCCCCCCC(CCCC)OC(=O)c1cccc(C)c1. The number of ether oxygens (including phenoxy) is 1. The van der Waals surface area contributed by atoms with E-state index < -0.39 is 0 Å². The van der Waals surface area contributed by atoms with Crippen molar-refractivity contribution in [2.45, 2.75) is 97.5 Å². The van der Waals surface area contributed by atoms with Crippen LogP contribution in [0.15, 0.2) is 24.3 Å². The summed E-state index contributed by atoms with van der Waals surface area (Å²) >= 11 is 0. The van der Waals surface area contributed by atoms with Gasteiger partial charge in [-0.3, -0.25) is 0 Å². The fraction of sp³-hybridized carbons (Fsp3) is 0.682. The lowest BCUT2D eigenvalue weighted by atomic mass is 10.0. The average molecular weight is 333 g/mol.